The molecule has 0 spiro atoms. The number of alkyl halides is 15. The number of nitrogens with zero attached hydrogens (tertiary/aromatic N) is 4. The minimum atomic E-state index is -4.62. The summed E-state index contributed by atoms with van der Waals surface area (Å²) in [6.07, 6.45) is -15.3. The van der Waals surface area contributed by atoms with Crippen molar-refractivity contribution in [1.29, 1.82) is 5.26 Å². The third-order valence-electron chi connectivity index (χ3n) is 20.3. The number of halogens is 22. The van der Waals surface area contributed by atoms with Gasteiger partial charge in [-0.1, -0.05) is 354 Å². The SMILES string of the molecule is C.C.CC(C)c1ccc(C(F)(F)F)cc1.CC(C)c1ccc(C(F)(F)F)cn1.CC(C)c1ccc(Cl)c(C#N)c1.CC(C)c1ccc(Cl)c(C(F)(F)F)c1.CC(C)c1ccc(Cl)c(Cl)c1.CC(C)c1ccc(F)c(C(F)(F)F)c1.CC(C)c1cccc(C(F)(F)F)c1.CC(C)c1cccc(F)c1.CC(C)c1ccccc1.CC(C)c1ccccn1.CC(C)c1cccnc1.COc1cc(C(C)C)ccc1Cl. The lowest BCUT2D eigenvalue weighted by Crippen LogP contribution is -2.09. The van der Waals surface area contributed by atoms with E-state index in [1.807, 2.05) is 153 Å². The quantitative estimate of drug-likeness (QED) is 0.108. The first-order chi connectivity index (χ1) is 64.4. The number of ether oxygens (including phenoxy) is 1. The molecule has 9 aromatic carbocycles. The summed E-state index contributed by atoms with van der Waals surface area (Å²) in [6.45, 7) is 48.4. The van der Waals surface area contributed by atoms with Gasteiger partial charge in [-0.25, -0.2) is 8.78 Å². The number of aromatic nitrogens is 3. The summed E-state index contributed by atoms with van der Waals surface area (Å²) in [5, 5.41) is 10.9. The van der Waals surface area contributed by atoms with E-state index in [-0.39, 0.29) is 55.3 Å². The van der Waals surface area contributed by atoms with Gasteiger partial charge < -0.3 is 4.74 Å². The van der Waals surface area contributed by atoms with Gasteiger partial charge in [-0.2, -0.15) is 71.1 Å². The van der Waals surface area contributed by atoms with Crippen LogP contribution in [-0.4, -0.2) is 22.1 Å². The molecule has 774 valence electrons. The van der Waals surface area contributed by atoms with Crippen molar-refractivity contribution >= 4 is 58.0 Å². The third kappa shape index (κ3) is 52.7. The van der Waals surface area contributed by atoms with E-state index in [1.54, 1.807) is 57.5 Å². The molecule has 0 bridgehead atoms. The Morgan fingerprint density at radius 3 is 0.993 bits per heavy atom. The summed E-state index contributed by atoms with van der Waals surface area (Å²) >= 11 is 28.7. The van der Waals surface area contributed by atoms with E-state index in [0.717, 1.165) is 82.4 Å². The maximum Gasteiger partial charge on any atom is 0.419 e. The van der Waals surface area contributed by atoms with Crippen molar-refractivity contribution in [1.82, 2.24) is 15.0 Å². The molecule has 141 heavy (non-hydrogen) atoms. The van der Waals surface area contributed by atoms with Crippen molar-refractivity contribution in [3.8, 4) is 11.8 Å². The van der Waals surface area contributed by atoms with Crippen LogP contribution in [0.15, 0.2) is 261 Å². The van der Waals surface area contributed by atoms with Gasteiger partial charge in [0.15, 0.2) is 0 Å². The van der Waals surface area contributed by atoms with Crippen LogP contribution in [0.5, 0.6) is 5.75 Å². The molecule has 0 fully saturated rings. The molecule has 0 saturated heterocycles. The zero-order chi connectivity index (χ0) is 106. The number of hydrogen-bond donors (Lipinski definition) is 0. The van der Waals surface area contributed by atoms with E-state index in [9.17, 15) is 74.6 Å². The second-order valence-corrected chi connectivity index (χ2v) is 37.5. The molecule has 0 N–H and O–H groups in total. The highest BCUT2D eigenvalue weighted by atomic mass is 35.5. The fourth-order valence-corrected chi connectivity index (χ4v) is 12.2. The molecule has 0 amide bonds. The van der Waals surface area contributed by atoms with E-state index < -0.39 is 64.5 Å². The van der Waals surface area contributed by atoms with Gasteiger partial charge in [0.05, 0.1) is 65.6 Å². The predicted octanol–water partition coefficient (Wildman–Crippen LogP) is 41.7. The summed E-state index contributed by atoms with van der Waals surface area (Å²) in [7, 11) is 1.63. The molecule has 5 nitrogen and oxygen atoms in total. The van der Waals surface area contributed by atoms with Crippen LogP contribution in [0.2, 0.25) is 25.1 Å². The second-order valence-electron chi connectivity index (χ2n) is 35.5. The molecule has 0 atom stereocenters. The van der Waals surface area contributed by atoms with Crippen LogP contribution in [0.25, 0.3) is 0 Å². The number of pyridine rings is 3. The molecule has 0 aliphatic rings. The second kappa shape index (κ2) is 65.3. The van der Waals surface area contributed by atoms with Crippen molar-refractivity contribution in [3.05, 3.63) is 399 Å². The number of nitriles is 1. The molecule has 12 aromatic rings. The Morgan fingerprint density at radius 1 is 0.270 bits per heavy atom. The lowest BCUT2D eigenvalue weighted by molar-refractivity contribution is -0.140. The zero-order valence-electron chi connectivity index (χ0n) is 83.3. The highest BCUT2D eigenvalue weighted by Crippen LogP contribution is 2.39. The number of methoxy groups -OCH3 is 1. The van der Waals surface area contributed by atoms with Crippen LogP contribution in [-0.2, 0) is 30.9 Å². The van der Waals surface area contributed by atoms with Crippen molar-refractivity contribution < 1.29 is 79.4 Å². The van der Waals surface area contributed by atoms with Crippen molar-refractivity contribution in [2.24, 2.45) is 0 Å². The number of benzene rings is 9. The molecule has 3 heterocycles. The van der Waals surface area contributed by atoms with Crippen molar-refractivity contribution in [3.63, 3.8) is 0 Å². The fourth-order valence-electron chi connectivity index (χ4n) is 11.3. The topological polar surface area (TPSA) is 71.7 Å². The monoisotopic (exact) mass is 2080 g/mol. The summed E-state index contributed by atoms with van der Waals surface area (Å²) in [5.74, 6) is 3.62. The number of rotatable bonds is 13. The van der Waals surface area contributed by atoms with Crippen LogP contribution in [0, 0.1) is 23.0 Å². The fraction of sp³-hybridized carbons (Fsp3) is 0.386. The van der Waals surface area contributed by atoms with Gasteiger partial charge in [0.1, 0.15) is 23.5 Å². The van der Waals surface area contributed by atoms with Gasteiger partial charge in [0.2, 0.25) is 0 Å². The van der Waals surface area contributed by atoms with Crippen molar-refractivity contribution in [2.75, 3.05) is 7.11 Å². The lowest BCUT2D eigenvalue weighted by Gasteiger charge is -2.12. The molecule has 0 radical (unpaired) electrons. The minimum Gasteiger partial charge on any atom is -0.495 e. The molecule has 3 aromatic heterocycles. The van der Waals surface area contributed by atoms with Crippen LogP contribution in [0.1, 0.15) is 352 Å². The maximum atomic E-state index is 12.8. The van der Waals surface area contributed by atoms with Gasteiger partial charge in [0, 0.05) is 36.2 Å². The summed E-state index contributed by atoms with van der Waals surface area (Å²) in [4.78, 5) is 11.9. The smallest absolute Gasteiger partial charge is 0.419 e. The van der Waals surface area contributed by atoms with E-state index in [2.05, 4.69) is 148 Å². The third-order valence-corrected chi connectivity index (χ3v) is 22.0. The van der Waals surface area contributed by atoms with Gasteiger partial charge in [-0.05, 0) is 248 Å². The predicted molar refractivity (Wildman–Crippen MR) is 554 cm³/mol. The normalized spacial score (nSPS) is 11.0. The van der Waals surface area contributed by atoms with Gasteiger partial charge >= 0.3 is 30.9 Å². The molecule has 27 heteroatoms. The molecule has 0 saturated carbocycles. The van der Waals surface area contributed by atoms with Gasteiger partial charge in [-0.3, -0.25) is 15.0 Å². The molecular weight excluding hydrogens is 1940 g/mol. The van der Waals surface area contributed by atoms with Gasteiger partial charge in [-0.15, -0.1) is 0 Å². The molecular formula is C114H138Cl5F17N4O. The van der Waals surface area contributed by atoms with Crippen LogP contribution in [0.4, 0.5) is 74.6 Å². The largest absolute Gasteiger partial charge is 0.495 e. The molecule has 0 aliphatic carbocycles. The van der Waals surface area contributed by atoms with Crippen LogP contribution < -0.4 is 4.74 Å². The summed E-state index contributed by atoms with van der Waals surface area (Å²) < 4.78 is 214. The zero-order valence-corrected chi connectivity index (χ0v) is 87.0. The highest BCUT2D eigenvalue weighted by molar-refractivity contribution is 6.42. The maximum absolute atomic E-state index is 12.8. The summed E-state index contributed by atoms with van der Waals surface area (Å²) in [5.41, 5.74) is 8.75. The van der Waals surface area contributed by atoms with E-state index in [4.69, 9.17) is 68.0 Å². The first-order valence-corrected chi connectivity index (χ1v) is 47.0. The highest BCUT2D eigenvalue weighted by Gasteiger charge is 2.36. The van der Waals surface area contributed by atoms with Gasteiger partial charge in [0.25, 0.3) is 0 Å². The van der Waals surface area contributed by atoms with Crippen molar-refractivity contribution in [2.45, 2.75) is 283 Å². The summed E-state index contributed by atoms with van der Waals surface area (Å²) in [6, 6.07) is 66.8. The van der Waals surface area contributed by atoms with E-state index in [0.29, 0.717) is 83.9 Å². The Balaban J connectivity index is 0. The van der Waals surface area contributed by atoms with E-state index in [1.165, 1.54) is 70.8 Å². The average Bonchev–Trinajstić information content (AvgIpc) is 0.780. The molecule has 12 rings (SSSR count). The minimum absolute atomic E-state index is 0. The Morgan fingerprint density at radius 2 is 0.631 bits per heavy atom. The Hall–Kier alpha value is -10.0. The first kappa shape index (κ1) is 133. The molecule has 0 aliphatic heterocycles. The Labute approximate surface area is 852 Å². The number of hydrogen-bond acceptors (Lipinski definition) is 5. The van der Waals surface area contributed by atoms with Crippen LogP contribution in [0.3, 0.4) is 0 Å². The Kier molecular flexibility index (Phi) is 61.6. The van der Waals surface area contributed by atoms with Crippen LogP contribution >= 0.6 is 58.0 Å². The molecule has 0 unspecified atom stereocenters. The van der Waals surface area contributed by atoms with E-state index >= 15 is 0 Å². The average molecular weight is 2080 g/mol. The Bertz CT molecular complexity index is 5270. The standard InChI is InChI=1S/C10H10ClF3.C10H10ClN.C10H13ClO.C10H10F4.2C10H11F3.C9H10Cl2.C9H10F3N.C9H11F.C9H12.2C8H11N.2CH4/c1-6(2)7-3-4-9(11)8(5-7)10(12,13)14;1-7(2)8-3-4-10(11)9(5-8)6-12;1-7(2)8-4-5-9(11)10(6-8)12-3;1-6(2)7-3-4-9(11)8(5-7)10(12,13)14;1-7(2)8-3-5-9(6-4-8)10(11,12)13;1-7(2)8-4-3-5-9(6-8)10(11,12)13;1-6(2)7-3-4-8(10)9(11)5-7;1-6(2)8-4-3-7(5-13-8)9(10,11)12;1-7(2)8-4-3-5-9(10)6-8;1-8(2)9-6-4-3-5-7-9;1-7(2)8-4-3-5-9-6-8;1-7(2)8-5-3-4-6-9-8;;/h3-6H,1-2H3;3-5,7H,1-2H3;4-7H,1-3H3;3-6H,1-2H3;2*3-7H,1-2H3;3-6H,1-2H3;3-6H,1-2H3;3-7H,1-2H3;3-8H,1-2H3;2*3-7H,1-2H3;2*1H4. The lowest BCUT2D eigenvalue weighted by atomic mass is 10.0. The first-order valence-electron chi connectivity index (χ1n) is 45.1.